The van der Waals surface area contributed by atoms with E-state index in [9.17, 15) is 0 Å². The first-order valence-corrected chi connectivity index (χ1v) is 6.86. The third-order valence-electron chi connectivity index (χ3n) is 3.18. The molecule has 1 aromatic heterocycles. The van der Waals surface area contributed by atoms with Gasteiger partial charge in [0.25, 0.3) is 0 Å². The van der Waals surface area contributed by atoms with E-state index >= 15 is 0 Å². The highest BCUT2D eigenvalue weighted by atomic mass is 35.5. The van der Waals surface area contributed by atoms with E-state index in [1.807, 2.05) is 30.3 Å². The fourth-order valence-electron chi connectivity index (χ4n) is 1.90. The lowest BCUT2D eigenvalue weighted by atomic mass is 9.98. The summed E-state index contributed by atoms with van der Waals surface area (Å²) in [4.78, 5) is 4.10. The fourth-order valence-corrected chi connectivity index (χ4v) is 2.10. The van der Waals surface area contributed by atoms with Gasteiger partial charge < -0.3 is 4.74 Å². The van der Waals surface area contributed by atoms with Crippen LogP contribution in [0, 0.1) is 11.3 Å². The number of hydrogen-bond acceptors (Lipinski definition) is 3. The largest absolute Gasteiger partial charge is 0.439 e. The Bertz CT molecular complexity index is 649. The molecular formula is C16H15ClN2O. The molecule has 0 aliphatic carbocycles. The summed E-state index contributed by atoms with van der Waals surface area (Å²) in [5.41, 5.74) is 1.55. The minimum absolute atomic E-state index is 0.250. The van der Waals surface area contributed by atoms with Crippen LogP contribution in [0.5, 0.6) is 11.6 Å². The standard InChI is InChI=1S/C16H15ClN2O/c1-3-11(2)13-6-4-5-7-14(13)20-16-9-12(10-18)8-15(17)19-16/h4-9,11H,3H2,1-2H3. The Morgan fingerprint density at radius 1 is 1.35 bits per heavy atom. The van der Waals surface area contributed by atoms with Crippen LogP contribution < -0.4 is 4.74 Å². The molecular weight excluding hydrogens is 272 g/mol. The molecule has 1 aromatic carbocycles. The van der Waals surface area contributed by atoms with Crippen LogP contribution in [0.1, 0.15) is 37.3 Å². The van der Waals surface area contributed by atoms with Gasteiger partial charge in [-0.1, -0.05) is 43.6 Å². The van der Waals surface area contributed by atoms with Crippen LogP contribution in [-0.2, 0) is 0 Å². The van der Waals surface area contributed by atoms with Gasteiger partial charge in [0, 0.05) is 6.07 Å². The molecule has 0 saturated carbocycles. The first-order valence-electron chi connectivity index (χ1n) is 6.48. The molecule has 1 heterocycles. The number of ether oxygens (including phenoxy) is 1. The zero-order valence-electron chi connectivity index (χ0n) is 11.4. The number of rotatable bonds is 4. The minimum atomic E-state index is 0.250. The quantitative estimate of drug-likeness (QED) is 0.750. The van der Waals surface area contributed by atoms with Gasteiger partial charge in [0.2, 0.25) is 5.88 Å². The predicted molar refractivity (Wildman–Crippen MR) is 79.2 cm³/mol. The van der Waals surface area contributed by atoms with Gasteiger partial charge in [-0.2, -0.15) is 5.26 Å². The van der Waals surface area contributed by atoms with Crippen molar-refractivity contribution >= 4 is 11.6 Å². The average Bonchev–Trinajstić information content (AvgIpc) is 2.46. The molecule has 4 heteroatoms. The van der Waals surface area contributed by atoms with Gasteiger partial charge in [-0.05, 0) is 30.0 Å². The minimum Gasteiger partial charge on any atom is -0.439 e. The Balaban J connectivity index is 2.35. The van der Waals surface area contributed by atoms with Crippen molar-refractivity contribution in [3.63, 3.8) is 0 Å². The molecule has 0 amide bonds. The van der Waals surface area contributed by atoms with E-state index in [0.29, 0.717) is 17.4 Å². The summed E-state index contributed by atoms with van der Waals surface area (Å²) in [5, 5.41) is 9.19. The van der Waals surface area contributed by atoms with Crippen molar-refractivity contribution in [2.45, 2.75) is 26.2 Å². The summed E-state index contributed by atoms with van der Waals surface area (Å²) in [6.45, 7) is 4.28. The third-order valence-corrected chi connectivity index (χ3v) is 3.37. The first kappa shape index (κ1) is 14.4. The smallest absolute Gasteiger partial charge is 0.221 e. The SMILES string of the molecule is CCC(C)c1ccccc1Oc1cc(C#N)cc(Cl)n1. The average molecular weight is 287 g/mol. The van der Waals surface area contributed by atoms with Gasteiger partial charge >= 0.3 is 0 Å². The Labute approximate surface area is 123 Å². The van der Waals surface area contributed by atoms with Crippen LogP contribution in [0.25, 0.3) is 0 Å². The topological polar surface area (TPSA) is 45.9 Å². The molecule has 20 heavy (non-hydrogen) atoms. The molecule has 0 bridgehead atoms. The summed E-state index contributed by atoms with van der Waals surface area (Å²) in [5.74, 6) is 1.48. The number of aromatic nitrogens is 1. The Morgan fingerprint density at radius 3 is 2.80 bits per heavy atom. The van der Waals surface area contributed by atoms with E-state index < -0.39 is 0 Å². The molecule has 0 aliphatic rings. The first-order chi connectivity index (χ1) is 9.63. The zero-order chi connectivity index (χ0) is 14.5. The molecule has 3 nitrogen and oxygen atoms in total. The van der Waals surface area contributed by atoms with Crippen LogP contribution in [0.2, 0.25) is 5.15 Å². The van der Waals surface area contributed by atoms with Gasteiger partial charge in [-0.3, -0.25) is 0 Å². The molecule has 0 fully saturated rings. The molecule has 2 aromatic rings. The second-order valence-corrected chi connectivity index (χ2v) is 4.97. The van der Waals surface area contributed by atoms with E-state index in [1.54, 1.807) is 6.07 Å². The number of halogens is 1. The molecule has 0 saturated heterocycles. The Hall–Kier alpha value is -2.05. The Kier molecular flexibility index (Phi) is 4.60. The summed E-state index contributed by atoms with van der Waals surface area (Å²) >= 11 is 5.88. The normalized spacial score (nSPS) is 11.7. The maximum absolute atomic E-state index is 8.94. The molecule has 0 spiro atoms. The number of nitrogens with zero attached hydrogens (tertiary/aromatic N) is 2. The summed E-state index contributed by atoms with van der Waals surface area (Å²) < 4.78 is 5.81. The summed E-state index contributed by atoms with van der Waals surface area (Å²) in [7, 11) is 0. The third kappa shape index (κ3) is 3.28. The molecule has 2 rings (SSSR count). The van der Waals surface area contributed by atoms with Crippen LogP contribution in [0.3, 0.4) is 0 Å². The van der Waals surface area contributed by atoms with Crippen molar-refractivity contribution in [2.75, 3.05) is 0 Å². The van der Waals surface area contributed by atoms with Crippen molar-refractivity contribution in [3.8, 4) is 17.7 Å². The molecule has 0 N–H and O–H groups in total. The molecule has 102 valence electrons. The second kappa shape index (κ2) is 6.40. The lowest BCUT2D eigenvalue weighted by Crippen LogP contribution is -1.97. The van der Waals surface area contributed by atoms with Crippen molar-refractivity contribution in [2.24, 2.45) is 0 Å². The van der Waals surface area contributed by atoms with Gasteiger partial charge in [-0.25, -0.2) is 4.98 Å². The van der Waals surface area contributed by atoms with Crippen molar-refractivity contribution in [3.05, 3.63) is 52.7 Å². The lowest BCUT2D eigenvalue weighted by molar-refractivity contribution is 0.452. The zero-order valence-corrected chi connectivity index (χ0v) is 12.2. The number of nitriles is 1. The van der Waals surface area contributed by atoms with Crippen LogP contribution in [0.4, 0.5) is 0 Å². The number of hydrogen-bond donors (Lipinski definition) is 0. The number of benzene rings is 1. The highest BCUT2D eigenvalue weighted by Crippen LogP contribution is 2.31. The van der Waals surface area contributed by atoms with Gasteiger partial charge in [0.05, 0.1) is 11.6 Å². The lowest BCUT2D eigenvalue weighted by Gasteiger charge is -2.15. The van der Waals surface area contributed by atoms with Crippen molar-refractivity contribution in [1.82, 2.24) is 4.98 Å². The van der Waals surface area contributed by atoms with Crippen molar-refractivity contribution in [1.29, 1.82) is 5.26 Å². The predicted octanol–water partition coefficient (Wildman–Crippen LogP) is 4.91. The van der Waals surface area contributed by atoms with Crippen LogP contribution in [0.15, 0.2) is 36.4 Å². The Morgan fingerprint density at radius 2 is 2.10 bits per heavy atom. The second-order valence-electron chi connectivity index (χ2n) is 4.58. The van der Waals surface area contributed by atoms with Gasteiger partial charge in [0.1, 0.15) is 10.9 Å². The van der Waals surface area contributed by atoms with Crippen LogP contribution >= 0.6 is 11.6 Å². The molecule has 1 unspecified atom stereocenters. The maximum atomic E-state index is 8.94. The van der Waals surface area contributed by atoms with E-state index in [0.717, 1.165) is 17.7 Å². The van der Waals surface area contributed by atoms with E-state index in [1.165, 1.54) is 6.07 Å². The molecule has 0 aliphatic heterocycles. The summed E-state index contributed by atoms with van der Waals surface area (Å²) in [6, 6.07) is 13.0. The molecule has 1 atom stereocenters. The monoisotopic (exact) mass is 286 g/mol. The number of para-hydroxylation sites is 1. The maximum Gasteiger partial charge on any atom is 0.221 e. The van der Waals surface area contributed by atoms with Gasteiger partial charge in [-0.15, -0.1) is 0 Å². The summed E-state index contributed by atoms with van der Waals surface area (Å²) in [6.07, 6.45) is 1.02. The van der Waals surface area contributed by atoms with E-state index in [4.69, 9.17) is 21.6 Å². The number of pyridine rings is 1. The highest BCUT2D eigenvalue weighted by molar-refractivity contribution is 6.29. The van der Waals surface area contributed by atoms with Gasteiger partial charge in [0.15, 0.2) is 0 Å². The molecule has 0 radical (unpaired) electrons. The van der Waals surface area contributed by atoms with Crippen LogP contribution in [-0.4, -0.2) is 4.98 Å². The fraction of sp³-hybridized carbons (Fsp3) is 0.250. The van der Waals surface area contributed by atoms with Crippen molar-refractivity contribution < 1.29 is 4.74 Å². The van der Waals surface area contributed by atoms with E-state index in [2.05, 4.69) is 18.8 Å². The highest BCUT2D eigenvalue weighted by Gasteiger charge is 2.11. The van der Waals surface area contributed by atoms with E-state index in [-0.39, 0.29) is 5.15 Å².